The molecule has 0 amide bonds. The smallest absolute Gasteiger partial charge is 0.129 e. The highest BCUT2D eigenvalue weighted by atomic mass is 19.1. The van der Waals surface area contributed by atoms with Gasteiger partial charge in [0.25, 0.3) is 0 Å². The van der Waals surface area contributed by atoms with E-state index in [1.807, 2.05) is 0 Å². The molecule has 2 N–H and O–H groups in total. The summed E-state index contributed by atoms with van der Waals surface area (Å²) in [4.78, 5) is 2.35. The highest BCUT2D eigenvalue weighted by Crippen LogP contribution is 2.30. The van der Waals surface area contributed by atoms with E-state index in [1.54, 1.807) is 12.1 Å². The molecule has 3 rings (SSSR count). The van der Waals surface area contributed by atoms with E-state index >= 15 is 0 Å². The Morgan fingerprint density at radius 3 is 3.00 bits per heavy atom. The molecular formula is C15H21FN2O. The van der Waals surface area contributed by atoms with Crippen molar-refractivity contribution >= 4 is 5.69 Å². The predicted molar refractivity (Wildman–Crippen MR) is 73.2 cm³/mol. The number of morpholine rings is 1. The van der Waals surface area contributed by atoms with Gasteiger partial charge in [0.2, 0.25) is 0 Å². The van der Waals surface area contributed by atoms with Crippen LogP contribution in [0, 0.1) is 5.82 Å². The van der Waals surface area contributed by atoms with Crippen molar-refractivity contribution in [2.24, 2.45) is 0 Å². The van der Waals surface area contributed by atoms with Crippen molar-refractivity contribution in [1.82, 2.24) is 4.90 Å². The monoisotopic (exact) mass is 264 g/mol. The number of nitrogen functional groups attached to an aromatic ring is 1. The highest BCUT2D eigenvalue weighted by Gasteiger charge is 2.34. The molecule has 1 heterocycles. The molecule has 0 bridgehead atoms. The van der Waals surface area contributed by atoms with Gasteiger partial charge < -0.3 is 10.5 Å². The molecule has 104 valence electrons. The maximum absolute atomic E-state index is 13.9. The van der Waals surface area contributed by atoms with Crippen molar-refractivity contribution in [3.8, 4) is 0 Å². The molecule has 3 nitrogen and oxygen atoms in total. The summed E-state index contributed by atoms with van der Waals surface area (Å²) in [5.74, 6) is -0.196. The Hall–Kier alpha value is -1.13. The third kappa shape index (κ3) is 2.60. The minimum atomic E-state index is -0.196. The van der Waals surface area contributed by atoms with Crippen LogP contribution >= 0.6 is 0 Å². The van der Waals surface area contributed by atoms with Crippen molar-refractivity contribution in [1.29, 1.82) is 0 Å². The molecule has 2 atom stereocenters. The molecule has 1 aliphatic heterocycles. The minimum Gasteiger partial charge on any atom is -0.398 e. The summed E-state index contributed by atoms with van der Waals surface area (Å²) in [5, 5.41) is 0. The van der Waals surface area contributed by atoms with Crippen LogP contribution in [0.15, 0.2) is 18.2 Å². The lowest BCUT2D eigenvalue weighted by Gasteiger charge is -2.44. The lowest BCUT2D eigenvalue weighted by molar-refractivity contribution is -0.0913. The molecule has 1 aliphatic carbocycles. The van der Waals surface area contributed by atoms with Crippen LogP contribution in [0.4, 0.5) is 10.1 Å². The van der Waals surface area contributed by atoms with Gasteiger partial charge in [-0.3, -0.25) is 4.90 Å². The second-order valence-corrected chi connectivity index (χ2v) is 5.54. The van der Waals surface area contributed by atoms with E-state index in [2.05, 4.69) is 4.90 Å². The first kappa shape index (κ1) is 12.9. The first-order valence-corrected chi connectivity index (χ1v) is 7.14. The number of ether oxygens (including phenoxy) is 1. The Labute approximate surface area is 113 Å². The van der Waals surface area contributed by atoms with Crippen LogP contribution in [-0.4, -0.2) is 30.2 Å². The number of rotatable bonds is 2. The molecular weight excluding hydrogens is 243 g/mol. The Balaban J connectivity index is 1.78. The van der Waals surface area contributed by atoms with Gasteiger partial charge in [-0.25, -0.2) is 4.39 Å². The van der Waals surface area contributed by atoms with Crippen molar-refractivity contribution in [2.75, 3.05) is 18.9 Å². The Morgan fingerprint density at radius 1 is 1.32 bits per heavy atom. The fourth-order valence-corrected chi connectivity index (χ4v) is 3.32. The zero-order chi connectivity index (χ0) is 13.2. The normalized spacial score (nSPS) is 28.1. The minimum absolute atomic E-state index is 0.196. The molecule has 1 saturated heterocycles. The van der Waals surface area contributed by atoms with Gasteiger partial charge in [0, 0.05) is 30.4 Å². The average molecular weight is 264 g/mol. The fourth-order valence-electron chi connectivity index (χ4n) is 3.32. The molecule has 19 heavy (non-hydrogen) atoms. The standard InChI is InChI=1S/C15H21FN2O/c16-12-4-3-5-13(17)11(12)10-18-8-9-19-15-7-2-1-6-14(15)18/h3-5,14-15H,1-2,6-10,17H2. The van der Waals surface area contributed by atoms with E-state index < -0.39 is 0 Å². The first-order valence-electron chi connectivity index (χ1n) is 7.14. The van der Waals surface area contributed by atoms with Crippen LogP contribution < -0.4 is 5.73 Å². The third-order valence-corrected chi connectivity index (χ3v) is 4.36. The van der Waals surface area contributed by atoms with Crippen LogP contribution in [0.5, 0.6) is 0 Å². The van der Waals surface area contributed by atoms with E-state index in [1.165, 1.54) is 18.9 Å². The fraction of sp³-hybridized carbons (Fsp3) is 0.600. The summed E-state index contributed by atoms with van der Waals surface area (Å²) >= 11 is 0. The molecule has 1 aromatic carbocycles. The summed E-state index contributed by atoms with van der Waals surface area (Å²) in [7, 11) is 0. The van der Waals surface area contributed by atoms with E-state index in [0.29, 0.717) is 29.9 Å². The molecule has 1 aromatic rings. The zero-order valence-electron chi connectivity index (χ0n) is 11.1. The van der Waals surface area contributed by atoms with Crippen molar-refractivity contribution in [2.45, 2.75) is 44.4 Å². The number of nitrogens with zero attached hydrogens (tertiary/aromatic N) is 1. The Kier molecular flexibility index (Phi) is 3.71. The molecule has 0 aromatic heterocycles. The average Bonchev–Trinajstić information content (AvgIpc) is 2.43. The molecule has 2 fully saturated rings. The molecule has 2 aliphatic rings. The van der Waals surface area contributed by atoms with Crippen molar-refractivity contribution in [3.05, 3.63) is 29.6 Å². The van der Waals surface area contributed by atoms with Gasteiger partial charge in [0.1, 0.15) is 5.82 Å². The highest BCUT2D eigenvalue weighted by molar-refractivity contribution is 5.47. The van der Waals surface area contributed by atoms with Crippen LogP contribution in [0.1, 0.15) is 31.2 Å². The summed E-state index contributed by atoms with van der Waals surface area (Å²) < 4.78 is 19.7. The van der Waals surface area contributed by atoms with Gasteiger partial charge in [-0.15, -0.1) is 0 Å². The van der Waals surface area contributed by atoms with Crippen LogP contribution in [0.3, 0.4) is 0 Å². The molecule has 0 radical (unpaired) electrons. The SMILES string of the molecule is Nc1cccc(F)c1CN1CCOC2CCCCC21. The van der Waals surface area contributed by atoms with Gasteiger partial charge in [0.05, 0.1) is 12.7 Å². The lowest BCUT2D eigenvalue weighted by Crippen LogP contribution is -2.52. The van der Waals surface area contributed by atoms with E-state index in [-0.39, 0.29) is 5.82 Å². The molecule has 2 unspecified atom stereocenters. The number of nitrogens with two attached hydrogens (primary N) is 1. The largest absolute Gasteiger partial charge is 0.398 e. The molecule has 4 heteroatoms. The summed E-state index contributed by atoms with van der Waals surface area (Å²) in [6.45, 7) is 2.22. The van der Waals surface area contributed by atoms with Crippen molar-refractivity contribution in [3.63, 3.8) is 0 Å². The maximum Gasteiger partial charge on any atom is 0.129 e. The van der Waals surface area contributed by atoms with Crippen LogP contribution in [0.25, 0.3) is 0 Å². The summed E-state index contributed by atoms with van der Waals surface area (Å²) in [6, 6.07) is 5.36. The van der Waals surface area contributed by atoms with Gasteiger partial charge in [-0.05, 0) is 25.0 Å². The van der Waals surface area contributed by atoms with E-state index in [0.717, 1.165) is 26.0 Å². The predicted octanol–water partition coefficient (Wildman–Crippen LogP) is 2.55. The second kappa shape index (κ2) is 5.47. The summed E-state index contributed by atoms with van der Waals surface area (Å²) in [6.07, 6.45) is 5.10. The molecule has 0 spiro atoms. The summed E-state index contributed by atoms with van der Waals surface area (Å²) in [5.41, 5.74) is 7.10. The van der Waals surface area contributed by atoms with Crippen molar-refractivity contribution < 1.29 is 9.13 Å². The van der Waals surface area contributed by atoms with Crippen LogP contribution in [-0.2, 0) is 11.3 Å². The number of hydrogen-bond donors (Lipinski definition) is 1. The van der Waals surface area contributed by atoms with Crippen LogP contribution in [0.2, 0.25) is 0 Å². The van der Waals surface area contributed by atoms with Gasteiger partial charge in [-0.1, -0.05) is 18.9 Å². The topological polar surface area (TPSA) is 38.5 Å². The number of anilines is 1. The second-order valence-electron chi connectivity index (χ2n) is 5.54. The first-order chi connectivity index (χ1) is 9.25. The Bertz CT molecular complexity index is 430. The Morgan fingerprint density at radius 2 is 2.16 bits per heavy atom. The van der Waals surface area contributed by atoms with E-state index in [4.69, 9.17) is 10.5 Å². The van der Waals surface area contributed by atoms with Gasteiger partial charge in [-0.2, -0.15) is 0 Å². The number of fused-ring (bicyclic) bond motifs is 1. The lowest BCUT2D eigenvalue weighted by atomic mass is 9.90. The zero-order valence-corrected chi connectivity index (χ0v) is 11.1. The number of hydrogen-bond acceptors (Lipinski definition) is 3. The maximum atomic E-state index is 13.9. The quantitative estimate of drug-likeness (QED) is 0.834. The molecule has 1 saturated carbocycles. The van der Waals surface area contributed by atoms with E-state index in [9.17, 15) is 4.39 Å². The third-order valence-electron chi connectivity index (χ3n) is 4.36. The number of benzene rings is 1. The number of halogens is 1. The van der Waals surface area contributed by atoms with Gasteiger partial charge >= 0.3 is 0 Å². The van der Waals surface area contributed by atoms with Gasteiger partial charge in [0.15, 0.2) is 0 Å².